The van der Waals surface area contributed by atoms with Crippen molar-refractivity contribution in [2.75, 3.05) is 13.2 Å². The van der Waals surface area contributed by atoms with Gasteiger partial charge in [-0.05, 0) is 60.6 Å². The average molecular weight is 512 g/mol. The summed E-state index contributed by atoms with van der Waals surface area (Å²) in [5, 5.41) is 0. The minimum absolute atomic E-state index is 0.0520. The van der Waals surface area contributed by atoms with E-state index in [1.807, 2.05) is 66.4 Å². The molecule has 6 nitrogen and oxygen atoms in total. The van der Waals surface area contributed by atoms with Crippen LogP contribution in [0.25, 0.3) is 11.1 Å². The summed E-state index contributed by atoms with van der Waals surface area (Å²) in [6, 6.07) is 24.1. The zero-order chi connectivity index (χ0) is 25.8. The Bertz CT molecular complexity index is 1210. The highest BCUT2D eigenvalue weighted by Crippen LogP contribution is 2.43. The van der Waals surface area contributed by atoms with Gasteiger partial charge in [-0.1, -0.05) is 66.7 Å². The highest BCUT2D eigenvalue weighted by Gasteiger charge is 2.41. The lowest BCUT2D eigenvalue weighted by Crippen LogP contribution is -2.47. The quantitative estimate of drug-likeness (QED) is 0.272. The van der Waals surface area contributed by atoms with Gasteiger partial charge in [0.05, 0.1) is 12.6 Å². The number of phosphoric acid groups is 1. The van der Waals surface area contributed by atoms with E-state index in [4.69, 9.17) is 9.79 Å². The van der Waals surface area contributed by atoms with Crippen molar-refractivity contribution < 1.29 is 28.1 Å². The van der Waals surface area contributed by atoms with E-state index in [1.165, 1.54) is 12.1 Å². The Kier molecular flexibility index (Phi) is 8.06. The molecule has 1 aliphatic heterocycles. The molecule has 3 aromatic rings. The minimum Gasteiger partial charge on any atom is -0.336 e. The molecule has 4 rings (SSSR count). The molecule has 3 aromatic carbocycles. The van der Waals surface area contributed by atoms with Gasteiger partial charge >= 0.3 is 7.82 Å². The summed E-state index contributed by atoms with van der Waals surface area (Å²) in [6.07, 6.45) is 2.10. The third-order valence-electron chi connectivity index (χ3n) is 7.12. The smallest absolute Gasteiger partial charge is 0.336 e. The summed E-state index contributed by atoms with van der Waals surface area (Å²) in [5.41, 5.74) is 3.60. The van der Waals surface area contributed by atoms with Crippen molar-refractivity contribution in [3.8, 4) is 11.1 Å². The lowest BCUT2D eigenvalue weighted by molar-refractivity contribution is -0.138. The average Bonchev–Trinajstić information content (AvgIpc) is 2.87. The van der Waals surface area contributed by atoms with E-state index in [1.54, 1.807) is 12.1 Å². The number of rotatable bonds is 9. The molecular weight excluding hydrogens is 480 g/mol. The maximum absolute atomic E-state index is 13.4. The number of hydrogen-bond acceptors (Lipinski definition) is 3. The van der Waals surface area contributed by atoms with Gasteiger partial charge in [0.15, 0.2) is 0 Å². The number of benzene rings is 3. The van der Waals surface area contributed by atoms with Crippen LogP contribution in [0.4, 0.5) is 4.39 Å². The molecular formula is C28H31FNO5P. The number of halogens is 1. The van der Waals surface area contributed by atoms with Crippen molar-refractivity contribution >= 4 is 13.7 Å². The molecule has 36 heavy (non-hydrogen) atoms. The molecule has 0 unspecified atom stereocenters. The Balaban J connectivity index is 1.47. The van der Waals surface area contributed by atoms with Crippen LogP contribution in [-0.4, -0.2) is 33.7 Å². The Morgan fingerprint density at radius 2 is 1.61 bits per heavy atom. The molecule has 1 fully saturated rings. The minimum atomic E-state index is -4.52. The van der Waals surface area contributed by atoms with Crippen molar-refractivity contribution in [1.82, 2.24) is 4.90 Å². The van der Waals surface area contributed by atoms with Gasteiger partial charge in [0.25, 0.3) is 0 Å². The molecule has 1 aliphatic rings. The third kappa shape index (κ3) is 6.29. The molecule has 0 radical (unpaired) electrons. The SMILES string of the molecule is C[C@@H](c1ccc(-c2ccc(F)cc2)cc1)N1CC[C@](CCCOP(=O)(O)O)(c2ccccc2)CC1=O. The summed E-state index contributed by atoms with van der Waals surface area (Å²) < 4.78 is 28.9. The molecule has 0 bridgehead atoms. The molecule has 190 valence electrons. The maximum Gasteiger partial charge on any atom is 0.469 e. The predicted octanol–water partition coefficient (Wildman–Crippen LogP) is 6.00. The van der Waals surface area contributed by atoms with Gasteiger partial charge in [-0.25, -0.2) is 8.96 Å². The van der Waals surface area contributed by atoms with Gasteiger partial charge in [0.2, 0.25) is 5.91 Å². The van der Waals surface area contributed by atoms with Gasteiger partial charge in [-0.3, -0.25) is 9.32 Å². The van der Waals surface area contributed by atoms with E-state index in [0.717, 1.165) is 28.7 Å². The van der Waals surface area contributed by atoms with Crippen LogP contribution >= 0.6 is 7.82 Å². The number of likely N-dealkylation sites (tertiary alicyclic amines) is 1. The fraction of sp³-hybridized carbons (Fsp3) is 0.321. The lowest BCUT2D eigenvalue weighted by Gasteiger charge is -2.44. The first-order valence-electron chi connectivity index (χ1n) is 12.1. The van der Waals surface area contributed by atoms with Gasteiger partial charge < -0.3 is 14.7 Å². The standard InChI is InChI=1S/C28H31FNO5P/c1-21(22-8-10-23(11-9-22)24-12-14-26(29)15-13-24)30-18-17-28(20-27(30)31,25-6-3-2-4-7-25)16-5-19-35-36(32,33)34/h2-4,6-15,21H,5,16-20H2,1H3,(H2,32,33,34)/t21-,28-/m0/s1. The lowest BCUT2D eigenvalue weighted by atomic mass is 9.69. The number of hydrogen-bond donors (Lipinski definition) is 2. The Morgan fingerprint density at radius 1 is 1.00 bits per heavy atom. The Hall–Kier alpha value is -2.83. The van der Waals surface area contributed by atoms with Crippen LogP contribution in [0.15, 0.2) is 78.9 Å². The van der Waals surface area contributed by atoms with Crippen molar-refractivity contribution in [2.24, 2.45) is 0 Å². The zero-order valence-corrected chi connectivity index (χ0v) is 21.1. The number of nitrogens with zero attached hydrogens (tertiary/aromatic N) is 1. The topological polar surface area (TPSA) is 87.1 Å². The number of carbonyl (C=O) groups excluding carboxylic acids is 1. The van der Waals surface area contributed by atoms with Crippen molar-refractivity contribution in [2.45, 2.75) is 44.1 Å². The summed E-state index contributed by atoms with van der Waals surface area (Å²) in [7, 11) is -4.52. The summed E-state index contributed by atoms with van der Waals surface area (Å²) in [4.78, 5) is 33.3. The second kappa shape index (κ2) is 11.1. The van der Waals surface area contributed by atoms with Crippen LogP contribution in [0, 0.1) is 5.82 Å². The van der Waals surface area contributed by atoms with Gasteiger partial charge in [-0.15, -0.1) is 0 Å². The van der Waals surface area contributed by atoms with Crippen LogP contribution in [0.1, 0.15) is 49.8 Å². The molecule has 8 heteroatoms. The van der Waals surface area contributed by atoms with E-state index in [9.17, 15) is 13.8 Å². The van der Waals surface area contributed by atoms with Gasteiger partial charge in [-0.2, -0.15) is 0 Å². The van der Waals surface area contributed by atoms with Crippen LogP contribution in [0.3, 0.4) is 0 Å². The zero-order valence-electron chi connectivity index (χ0n) is 20.2. The Labute approximate surface area is 211 Å². The number of amides is 1. The van der Waals surface area contributed by atoms with Gasteiger partial charge in [0.1, 0.15) is 5.82 Å². The van der Waals surface area contributed by atoms with Crippen LogP contribution in [0.5, 0.6) is 0 Å². The summed E-state index contributed by atoms with van der Waals surface area (Å²) >= 11 is 0. The summed E-state index contributed by atoms with van der Waals surface area (Å²) in [5.74, 6) is -0.218. The molecule has 0 aromatic heterocycles. The van der Waals surface area contributed by atoms with E-state index >= 15 is 0 Å². The number of carbonyl (C=O) groups is 1. The highest BCUT2D eigenvalue weighted by atomic mass is 31.2. The first-order chi connectivity index (χ1) is 17.2. The normalized spacial score (nSPS) is 19.3. The molecule has 0 spiro atoms. The Morgan fingerprint density at radius 3 is 2.19 bits per heavy atom. The summed E-state index contributed by atoms with van der Waals surface area (Å²) in [6.45, 7) is 2.54. The number of phosphoric ester groups is 1. The molecule has 2 atom stereocenters. The molecule has 0 aliphatic carbocycles. The third-order valence-corrected chi connectivity index (χ3v) is 7.64. The predicted molar refractivity (Wildman–Crippen MR) is 137 cm³/mol. The molecule has 1 amide bonds. The van der Waals surface area contributed by atoms with E-state index in [2.05, 4.69) is 4.52 Å². The fourth-order valence-electron chi connectivity index (χ4n) is 5.11. The van der Waals surface area contributed by atoms with Crippen molar-refractivity contribution in [1.29, 1.82) is 0 Å². The van der Waals surface area contributed by atoms with E-state index in [-0.39, 0.29) is 24.4 Å². The van der Waals surface area contributed by atoms with Crippen molar-refractivity contribution in [3.63, 3.8) is 0 Å². The van der Waals surface area contributed by atoms with Crippen LogP contribution < -0.4 is 0 Å². The molecule has 0 saturated carbocycles. The first kappa shape index (κ1) is 26.2. The largest absolute Gasteiger partial charge is 0.469 e. The monoisotopic (exact) mass is 511 g/mol. The highest BCUT2D eigenvalue weighted by molar-refractivity contribution is 7.46. The van der Waals surface area contributed by atoms with Crippen molar-refractivity contribution in [3.05, 3.63) is 95.8 Å². The molecule has 2 N–H and O–H groups in total. The van der Waals surface area contributed by atoms with E-state index in [0.29, 0.717) is 25.8 Å². The second-order valence-corrected chi connectivity index (χ2v) is 10.6. The second-order valence-electron chi connectivity index (χ2n) is 9.39. The fourth-order valence-corrected chi connectivity index (χ4v) is 5.48. The van der Waals surface area contributed by atoms with Crippen LogP contribution in [-0.2, 0) is 19.3 Å². The van der Waals surface area contributed by atoms with Gasteiger partial charge in [0, 0.05) is 18.4 Å². The molecule has 1 heterocycles. The molecule has 1 saturated heterocycles. The number of piperidine rings is 1. The first-order valence-corrected chi connectivity index (χ1v) is 13.6. The van der Waals surface area contributed by atoms with E-state index < -0.39 is 13.2 Å². The van der Waals surface area contributed by atoms with Crippen LogP contribution in [0.2, 0.25) is 0 Å². The maximum atomic E-state index is 13.4.